The Kier molecular flexibility index (Phi) is 11.3. The van der Waals surface area contributed by atoms with Crippen LogP contribution in [-0.2, 0) is 30.1 Å². The van der Waals surface area contributed by atoms with E-state index in [2.05, 4.69) is 215 Å². The van der Waals surface area contributed by atoms with E-state index in [-0.39, 0.29) is 17.7 Å². The second kappa shape index (κ2) is 17.9. The maximum atomic E-state index is 6.88. The van der Waals surface area contributed by atoms with Crippen LogP contribution in [0.2, 0.25) is 0 Å². The molecular weight excluding hydrogens is 898 g/mol. The van der Waals surface area contributed by atoms with Gasteiger partial charge in [0.15, 0.2) is 0 Å². The average Bonchev–Trinajstić information content (AvgIpc) is 3.97. The van der Waals surface area contributed by atoms with Crippen LogP contribution in [-0.4, -0.2) is 11.4 Å². The lowest BCUT2D eigenvalue weighted by atomic mass is 9.43. The number of rotatable bonds is 13. The fraction of sp³-hybridized carbons (Fsp3) is 0.304. The molecule has 2 aromatic heterocycles. The number of hydrogen-bond acceptors (Lipinski definition) is 3. The van der Waals surface area contributed by atoms with E-state index in [0.29, 0.717) is 0 Å². The number of aryl methyl sites for hydroxylation is 4. The molecule has 3 aliphatic rings. The molecule has 10 aromatic rings. The van der Waals surface area contributed by atoms with Gasteiger partial charge in [0.1, 0.15) is 11.2 Å². The molecule has 0 atom stereocenters. The highest BCUT2D eigenvalue weighted by molar-refractivity contribution is 6.93. The summed E-state index contributed by atoms with van der Waals surface area (Å²) in [5.41, 5.74) is 25.6. The first-order valence-corrected chi connectivity index (χ1v) is 28.1. The fourth-order valence-corrected chi connectivity index (χ4v) is 13.5. The normalized spacial score (nSPS) is 15.0. The van der Waals surface area contributed by atoms with E-state index in [1.54, 1.807) is 0 Å². The van der Waals surface area contributed by atoms with E-state index in [9.17, 15) is 0 Å². The van der Waals surface area contributed by atoms with Crippen molar-refractivity contribution in [1.82, 2.24) is 4.57 Å². The van der Waals surface area contributed by atoms with Crippen LogP contribution in [0, 0.1) is 6.92 Å². The number of furan rings is 1. The van der Waals surface area contributed by atoms with Gasteiger partial charge in [-0.15, -0.1) is 0 Å². The van der Waals surface area contributed by atoms with Gasteiger partial charge < -0.3 is 18.7 Å². The summed E-state index contributed by atoms with van der Waals surface area (Å²) in [5.74, 6) is 0. The van der Waals surface area contributed by atoms with Crippen LogP contribution in [0.5, 0.6) is 0 Å². The van der Waals surface area contributed by atoms with Crippen LogP contribution in [0.3, 0.4) is 0 Å². The Morgan fingerprint density at radius 2 is 1.19 bits per heavy atom. The Bertz CT molecular complexity index is 3830. The van der Waals surface area contributed by atoms with Crippen molar-refractivity contribution in [2.24, 2.45) is 0 Å². The van der Waals surface area contributed by atoms with Crippen molar-refractivity contribution < 1.29 is 4.42 Å². The number of anilines is 5. The van der Waals surface area contributed by atoms with Crippen molar-refractivity contribution in [3.05, 3.63) is 179 Å². The highest BCUT2D eigenvalue weighted by Gasteiger charge is 2.47. The summed E-state index contributed by atoms with van der Waals surface area (Å²) in [6.07, 6.45) is 12.6. The molecule has 8 aromatic carbocycles. The Hall–Kier alpha value is -6.98. The zero-order valence-corrected chi connectivity index (χ0v) is 45.0. The van der Waals surface area contributed by atoms with E-state index in [1.807, 2.05) is 0 Å². The number of hydrogen-bond donors (Lipinski definition) is 0. The number of fused-ring (bicyclic) bond motifs is 12. The Balaban J connectivity index is 1.20. The molecule has 0 amide bonds. The van der Waals surface area contributed by atoms with Gasteiger partial charge in [-0.25, -0.2) is 0 Å². The third-order valence-corrected chi connectivity index (χ3v) is 17.6. The molecule has 4 heterocycles. The second-order valence-corrected chi connectivity index (χ2v) is 23.5. The summed E-state index contributed by atoms with van der Waals surface area (Å²) in [7, 11) is 0. The zero-order valence-electron chi connectivity index (χ0n) is 45.0. The Labute approximate surface area is 439 Å². The highest BCUT2D eigenvalue weighted by Crippen LogP contribution is 2.54. The van der Waals surface area contributed by atoms with Crippen LogP contribution >= 0.6 is 0 Å². The molecule has 0 saturated carbocycles. The summed E-state index contributed by atoms with van der Waals surface area (Å²) >= 11 is 0. The molecule has 0 fully saturated rings. The van der Waals surface area contributed by atoms with E-state index in [0.717, 1.165) is 72.1 Å². The molecule has 0 bridgehead atoms. The fourth-order valence-electron chi connectivity index (χ4n) is 13.5. The molecule has 74 heavy (non-hydrogen) atoms. The Morgan fingerprint density at radius 1 is 0.541 bits per heavy atom. The van der Waals surface area contributed by atoms with Gasteiger partial charge in [-0.05, 0) is 198 Å². The number of para-hydroxylation sites is 2. The standard InChI is InChI=1S/C69H70BN3O/c1-9-12-20-45-27-30-49(31-28-45)71(48-23-16-15-17-24-48)50-41-54-64-59(33-34-63-65(64)51-25-18-19-26-62(51)74-63)73(60-43-56-55(37-44(60)4)68(5,6)35-36-69(56,7)8)70-57-40-47(22-14-11-3)39-53-52-38-46(21-13-10-2)29-32-58(52)72(67(53)57)61(42-50)66(54)70/h15-19,23-34,37-43H,9-14,20-22,35-36H2,1-8H3. The molecule has 0 saturated heterocycles. The zero-order chi connectivity index (χ0) is 50.6. The summed E-state index contributed by atoms with van der Waals surface area (Å²) in [6, 6.07) is 56.7. The van der Waals surface area contributed by atoms with Crippen molar-refractivity contribution in [2.75, 3.05) is 9.71 Å². The predicted molar refractivity (Wildman–Crippen MR) is 318 cm³/mol. The minimum absolute atomic E-state index is 0.0332. The first-order valence-electron chi connectivity index (χ1n) is 28.1. The van der Waals surface area contributed by atoms with Crippen LogP contribution in [0.25, 0.3) is 60.6 Å². The van der Waals surface area contributed by atoms with E-state index in [4.69, 9.17) is 4.42 Å². The van der Waals surface area contributed by atoms with Gasteiger partial charge in [0.25, 0.3) is 0 Å². The quantitative estimate of drug-likeness (QED) is 0.108. The lowest BCUT2D eigenvalue weighted by Crippen LogP contribution is -2.61. The second-order valence-electron chi connectivity index (χ2n) is 23.5. The van der Waals surface area contributed by atoms with Gasteiger partial charge in [0.05, 0.1) is 11.0 Å². The van der Waals surface area contributed by atoms with Crippen LogP contribution in [0.15, 0.2) is 150 Å². The molecule has 13 rings (SSSR count). The molecule has 4 nitrogen and oxygen atoms in total. The molecule has 0 radical (unpaired) electrons. The van der Waals surface area contributed by atoms with Gasteiger partial charge in [-0.2, -0.15) is 0 Å². The highest BCUT2D eigenvalue weighted by atomic mass is 16.3. The maximum absolute atomic E-state index is 6.88. The topological polar surface area (TPSA) is 24.6 Å². The first-order chi connectivity index (χ1) is 36.0. The number of benzene rings is 8. The lowest BCUT2D eigenvalue weighted by molar-refractivity contribution is 0.332. The molecule has 0 N–H and O–H groups in total. The number of unbranched alkanes of at least 4 members (excludes halogenated alkanes) is 3. The van der Waals surface area contributed by atoms with Gasteiger partial charge in [0, 0.05) is 61.2 Å². The third kappa shape index (κ3) is 7.30. The third-order valence-electron chi connectivity index (χ3n) is 17.6. The molecule has 2 aliphatic heterocycles. The van der Waals surface area contributed by atoms with Crippen LogP contribution in [0.4, 0.5) is 28.4 Å². The molecule has 0 spiro atoms. The largest absolute Gasteiger partial charge is 0.456 e. The summed E-state index contributed by atoms with van der Waals surface area (Å²) in [6.45, 7) is 19.1. The van der Waals surface area contributed by atoms with E-state index < -0.39 is 0 Å². The molecule has 0 unspecified atom stereocenters. The summed E-state index contributed by atoms with van der Waals surface area (Å²) in [4.78, 5) is 5.30. The van der Waals surface area contributed by atoms with Crippen molar-refractivity contribution in [3.8, 4) is 16.8 Å². The van der Waals surface area contributed by atoms with Crippen molar-refractivity contribution in [3.63, 3.8) is 0 Å². The van der Waals surface area contributed by atoms with Gasteiger partial charge in [0.2, 0.25) is 0 Å². The lowest BCUT2D eigenvalue weighted by Gasteiger charge is -2.46. The van der Waals surface area contributed by atoms with E-state index >= 15 is 0 Å². The molecule has 5 heteroatoms. The van der Waals surface area contributed by atoms with Crippen LogP contribution in [0.1, 0.15) is 133 Å². The minimum Gasteiger partial charge on any atom is -0.456 e. The molecular formula is C69H70BN3O. The van der Waals surface area contributed by atoms with Crippen molar-refractivity contribution in [2.45, 2.75) is 137 Å². The predicted octanol–water partition coefficient (Wildman–Crippen LogP) is 18.1. The van der Waals surface area contributed by atoms with E-state index in [1.165, 1.54) is 132 Å². The summed E-state index contributed by atoms with van der Waals surface area (Å²) < 4.78 is 9.57. The van der Waals surface area contributed by atoms with Gasteiger partial charge >= 0.3 is 6.85 Å². The smallest absolute Gasteiger partial charge is 0.333 e. The summed E-state index contributed by atoms with van der Waals surface area (Å²) in [5, 5.41) is 5.05. The van der Waals surface area contributed by atoms with Crippen LogP contribution < -0.4 is 20.6 Å². The molecule has 370 valence electrons. The first kappa shape index (κ1) is 46.8. The number of nitrogens with zero attached hydrogens (tertiary/aromatic N) is 3. The average molecular weight is 968 g/mol. The van der Waals surface area contributed by atoms with Gasteiger partial charge in [-0.3, -0.25) is 0 Å². The monoisotopic (exact) mass is 968 g/mol. The van der Waals surface area contributed by atoms with Crippen molar-refractivity contribution >= 4 is 90.0 Å². The van der Waals surface area contributed by atoms with Gasteiger partial charge in [-0.1, -0.05) is 134 Å². The van der Waals surface area contributed by atoms with Crippen molar-refractivity contribution in [1.29, 1.82) is 0 Å². The number of aromatic nitrogens is 1. The Morgan fingerprint density at radius 3 is 1.93 bits per heavy atom. The SMILES string of the molecule is CCCCc1ccc(N(c2ccccc2)c2cc3c4c(c2)-n2c5ccc(CCCC)cc5c5cc(CCCC)cc(c52)B4N(c2cc4c(cc2C)C(C)(C)CCC4(C)C)c2ccc4oc5ccccc5c4c2-3)cc1. The molecule has 1 aliphatic carbocycles. The minimum atomic E-state index is -0.114. The maximum Gasteiger partial charge on any atom is 0.333 e.